The molecule has 3 rings (SSSR count). The van der Waals surface area contributed by atoms with Crippen molar-refractivity contribution in [1.82, 2.24) is 14.8 Å². The van der Waals surface area contributed by atoms with E-state index in [1.807, 2.05) is 10.8 Å². The fourth-order valence-corrected chi connectivity index (χ4v) is 3.02. The molecule has 0 aromatic carbocycles. The third-order valence-corrected chi connectivity index (χ3v) is 4.59. The first-order chi connectivity index (χ1) is 9.54. The summed E-state index contributed by atoms with van der Waals surface area (Å²) in [6, 6.07) is 3.07. The van der Waals surface area contributed by atoms with Crippen molar-refractivity contribution in [2.24, 2.45) is 0 Å². The van der Waals surface area contributed by atoms with Crippen molar-refractivity contribution in [2.75, 3.05) is 19.3 Å². The van der Waals surface area contributed by atoms with Crippen LogP contribution in [0.5, 0.6) is 0 Å². The highest BCUT2D eigenvalue weighted by molar-refractivity contribution is 5.94. The molecule has 0 spiro atoms. The molecule has 1 aromatic heterocycles. The van der Waals surface area contributed by atoms with Crippen LogP contribution in [0.25, 0.3) is 0 Å². The second kappa shape index (κ2) is 5.13. The minimum absolute atomic E-state index is 0.0235. The first-order valence-electron chi connectivity index (χ1n) is 7.53. The molecule has 1 aliphatic heterocycles. The van der Waals surface area contributed by atoms with Crippen LogP contribution < -0.4 is 11.1 Å². The average molecular weight is 276 g/mol. The summed E-state index contributed by atoms with van der Waals surface area (Å²) < 4.78 is 2.04. The highest BCUT2D eigenvalue weighted by atomic mass is 16.2. The molecule has 1 saturated carbocycles. The number of nitrogens with two attached hydrogens (primary N) is 1. The Labute approximate surface area is 120 Å². The standard InChI is InChI=1S/C15H24N4O/c1-10-7-12(5-6-18(10)2)17-15(20)14-8-11(16)9-19(14)13-3-4-13/h8-10,12-13H,3-7,16H2,1-2H3,(H,17,20). The molecule has 110 valence electrons. The number of nitrogen functional groups attached to an aromatic ring is 1. The number of anilines is 1. The maximum absolute atomic E-state index is 12.5. The van der Waals surface area contributed by atoms with E-state index in [9.17, 15) is 4.79 Å². The number of carbonyl (C=O) groups excluding carboxylic acids is 1. The van der Waals surface area contributed by atoms with Gasteiger partial charge in [-0.1, -0.05) is 0 Å². The number of nitrogens with one attached hydrogen (secondary N) is 1. The van der Waals surface area contributed by atoms with Crippen molar-refractivity contribution in [3.05, 3.63) is 18.0 Å². The summed E-state index contributed by atoms with van der Waals surface area (Å²) in [5.74, 6) is 0.0235. The third-order valence-electron chi connectivity index (χ3n) is 4.59. The van der Waals surface area contributed by atoms with Gasteiger partial charge >= 0.3 is 0 Å². The molecule has 1 saturated heterocycles. The molecule has 2 unspecified atom stereocenters. The quantitative estimate of drug-likeness (QED) is 0.882. The number of carbonyl (C=O) groups is 1. The van der Waals surface area contributed by atoms with Crippen molar-refractivity contribution in [3.8, 4) is 0 Å². The number of nitrogens with zero attached hydrogens (tertiary/aromatic N) is 2. The molecule has 3 N–H and O–H groups in total. The summed E-state index contributed by atoms with van der Waals surface area (Å²) in [6.07, 6.45) is 6.23. The summed E-state index contributed by atoms with van der Waals surface area (Å²) in [7, 11) is 2.14. The first-order valence-corrected chi connectivity index (χ1v) is 7.53. The number of likely N-dealkylation sites (tertiary alicyclic amines) is 1. The molecular weight excluding hydrogens is 252 g/mol. The first kappa shape index (κ1) is 13.5. The van der Waals surface area contributed by atoms with Crippen LogP contribution in [0.4, 0.5) is 5.69 Å². The van der Waals surface area contributed by atoms with Gasteiger partial charge < -0.3 is 20.5 Å². The van der Waals surface area contributed by atoms with Crippen LogP contribution in [0.3, 0.4) is 0 Å². The summed E-state index contributed by atoms with van der Waals surface area (Å²) in [4.78, 5) is 14.8. The van der Waals surface area contributed by atoms with Crippen molar-refractivity contribution in [3.63, 3.8) is 0 Å². The van der Waals surface area contributed by atoms with E-state index in [4.69, 9.17) is 5.73 Å². The van der Waals surface area contributed by atoms with Gasteiger partial charge in [0.2, 0.25) is 0 Å². The lowest BCUT2D eigenvalue weighted by Crippen LogP contribution is -2.47. The van der Waals surface area contributed by atoms with E-state index in [1.54, 1.807) is 6.07 Å². The van der Waals surface area contributed by atoms with Gasteiger partial charge in [0.25, 0.3) is 5.91 Å². The molecule has 2 atom stereocenters. The zero-order valence-electron chi connectivity index (χ0n) is 12.3. The van der Waals surface area contributed by atoms with Gasteiger partial charge in [-0.2, -0.15) is 0 Å². The number of piperidine rings is 1. The molecule has 1 aromatic rings. The predicted molar refractivity (Wildman–Crippen MR) is 79.7 cm³/mol. The molecule has 2 fully saturated rings. The zero-order chi connectivity index (χ0) is 14.3. The van der Waals surface area contributed by atoms with Crippen LogP contribution >= 0.6 is 0 Å². The minimum atomic E-state index is 0.0235. The van der Waals surface area contributed by atoms with Crippen molar-refractivity contribution < 1.29 is 4.79 Å². The van der Waals surface area contributed by atoms with Crippen LogP contribution in [0.2, 0.25) is 0 Å². The van der Waals surface area contributed by atoms with Crippen LogP contribution in [-0.2, 0) is 0 Å². The third kappa shape index (κ3) is 2.68. The Morgan fingerprint density at radius 3 is 2.80 bits per heavy atom. The minimum Gasteiger partial charge on any atom is -0.397 e. The molecule has 2 aliphatic rings. The van der Waals surface area contributed by atoms with Crippen LogP contribution in [-0.4, -0.2) is 41.1 Å². The van der Waals surface area contributed by atoms with E-state index in [0.717, 1.165) is 37.9 Å². The fourth-order valence-electron chi connectivity index (χ4n) is 3.02. The summed E-state index contributed by atoms with van der Waals surface area (Å²) >= 11 is 0. The number of hydrogen-bond donors (Lipinski definition) is 2. The summed E-state index contributed by atoms with van der Waals surface area (Å²) in [5, 5.41) is 3.18. The van der Waals surface area contributed by atoms with Crippen molar-refractivity contribution in [1.29, 1.82) is 0 Å². The summed E-state index contributed by atoms with van der Waals surface area (Å²) in [5.41, 5.74) is 7.25. The monoisotopic (exact) mass is 276 g/mol. The number of rotatable bonds is 3. The molecule has 5 nitrogen and oxygen atoms in total. The zero-order valence-corrected chi connectivity index (χ0v) is 12.3. The average Bonchev–Trinajstić information content (AvgIpc) is 3.17. The van der Waals surface area contributed by atoms with E-state index in [-0.39, 0.29) is 11.9 Å². The Morgan fingerprint density at radius 2 is 2.15 bits per heavy atom. The lowest BCUT2D eigenvalue weighted by Gasteiger charge is -2.35. The maximum atomic E-state index is 12.5. The Bertz CT molecular complexity index is 506. The lowest BCUT2D eigenvalue weighted by molar-refractivity contribution is 0.0887. The van der Waals surface area contributed by atoms with E-state index < -0.39 is 0 Å². The second-order valence-corrected chi connectivity index (χ2v) is 6.32. The van der Waals surface area contributed by atoms with E-state index in [2.05, 4.69) is 24.2 Å². The number of aromatic nitrogens is 1. The van der Waals surface area contributed by atoms with Gasteiger partial charge in [0.05, 0.1) is 5.69 Å². The van der Waals surface area contributed by atoms with Gasteiger partial charge in [0, 0.05) is 30.9 Å². The normalized spacial score (nSPS) is 27.5. The van der Waals surface area contributed by atoms with Gasteiger partial charge in [-0.25, -0.2) is 0 Å². The molecule has 2 heterocycles. The van der Waals surface area contributed by atoms with Crippen LogP contribution in [0.15, 0.2) is 12.3 Å². The Hall–Kier alpha value is -1.49. The molecule has 1 aliphatic carbocycles. The topological polar surface area (TPSA) is 63.3 Å². The van der Waals surface area contributed by atoms with Gasteiger partial charge in [-0.05, 0) is 45.7 Å². The van der Waals surface area contributed by atoms with Gasteiger partial charge in [-0.15, -0.1) is 0 Å². The molecule has 0 bridgehead atoms. The van der Waals surface area contributed by atoms with Crippen molar-refractivity contribution >= 4 is 11.6 Å². The number of hydrogen-bond acceptors (Lipinski definition) is 3. The molecule has 0 radical (unpaired) electrons. The molecule has 20 heavy (non-hydrogen) atoms. The Kier molecular flexibility index (Phi) is 3.46. The van der Waals surface area contributed by atoms with Gasteiger partial charge in [-0.3, -0.25) is 4.79 Å². The predicted octanol–water partition coefficient (Wildman–Crippen LogP) is 1.62. The Morgan fingerprint density at radius 1 is 1.40 bits per heavy atom. The van der Waals surface area contributed by atoms with E-state index in [0.29, 0.717) is 17.8 Å². The maximum Gasteiger partial charge on any atom is 0.268 e. The van der Waals surface area contributed by atoms with Crippen molar-refractivity contribution in [2.45, 2.75) is 50.7 Å². The fraction of sp³-hybridized carbons (Fsp3) is 0.667. The van der Waals surface area contributed by atoms with Gasteiger partial charge in [0.15, 0.2) is 0 Å². The highest BCUT2D eigenvalue weighted by Gasteiger charge is 2.29. The Balaban J connectivity index is 1.67. The highest BCUT2D eigenvalue weighted by Crippen LogP contribution is 2.37. The van der Waals surface area contributed by atoms with Crippen LogP contribution in [0, 0.1) is 0 Å². The van der Waals surface area contributed by atoms with E-state index >= 15 is 0 Å². The van der Waals surface area contributed by atoms with Gasteiger partial charge in [0.1, 0.15) is 5.69 Å². The second-order valence-electron chi connectivity index (χ2n) is 6.32. The number of amides is 1. The molecule has 1 amide bonds. The smallest absolute Gasteiger partial charge is 0.268 e. The van der Waals surface area contributed by atoms with E-state index in [1.165, 1.54) is 0 Å². The molecular formula is C15H24N4O. The molecule has 5 heteroatoms. The van der Waals surface area contributed by atoms with Crippen LogP contribution in [0.1, 0.15) is 49.1 Å². The lowest BCUT2D eigenvalue weighted by atomic mass is 9.99. The summed E-state index contributed by atoms with van der Waals surface area (Å²) in [6.45, 7) is 3.25. The largest absolute Gasteiger partial charge is 0.397 e. The SMILES string of the molecule is CC1CC(NC(=O)c2cc(N)cn2C2CC2)CCN1C.